The van der Waals surface area contributed by atoms with Crippen molar-refractivity contribution in [3.8, 4) is 6.07 Å². The Morgan fingerprint density at radius 3 is 2.67 bits per heavy atom. The summed E-state index contributed by atoms with van der Waals surface area (Å²) in [5.74, 6) is -0.0805. The van der Waals surface area contributed by atoms with Crippen molar-refractivity contribution in [1.29, 1.82) is 5.26 Å². The van der Waals surface area contributed by atoms with Gasteiger partial charge in [0.1, 0.15) is 11.8 Å². The maximum Gasteiger partial charge on any atom is 0.272 e. The molecule has 1 atom stereocenters. The number of carbonyl (C=O) groups excluding carboxylic acids is 1. The normalized spacial score (nSPS) is 19.0. The van der Waals surface area contributed by atoms with Gasteiger partial charge in [0.2, 0.25) is 0 Å². The molecule has 1 fully saturated rings. The van der Waals surface area contributed by atoms with E-state index in [-0.39, 0.29) is 17.0 Å². The molecule has 0 N–H and O–H groups in total. The predicted octanol–water partition coefficient (Wildman–Crippen LogP) is 3.58. The molecule has 0 aromatic carbocycles. The number of piperidine rings is 1. The summed E-state index contributed by atoms with van der Waals surface area (Å²) in [7, 11) is -1.84. The number of amides is 1. The highest BCUT2D eigenvalue weighted by Gasteiger charge is 2.40. The molecule has 130 valence electrons. The van der Waals surface area contributed by atoms with Crippen molar-refractivity contribution in [3.63, 3.8) is 0 Å². The zero-order chi connectivity index (χ0) is 18.0. The van der Waals surface area contributed by atoms with Crippen LogP contribution < -0.4 is 0 Å². The number of aromatic nitrogens is 1. The lowest BCUT2D eigenvalue weighted by molar-refractivity contribution is 0.0499. The van der Waals surface area contributed by atoms with Crippen LogP contribution in [-0.4, -0.2) is 43.3 Å². The smallest absolute Gasteiger partial charge is 0.272 e. The molecule has 2 heterocycles. The van der Waals surface area contributed by atoms with Crippen molar-refractivity contribution in [2.45, 2.75) is 57.8 Å². The van der Waals surface area contributed by atoms with Gasteiger partial charge in [-0.05, 0) is 43.1 Å². The Kier molecular flexibility index (Phi) is 5.46. The molecule has 2 rings (SSSR count). The van der Waals surface area contributed by atoms with Gasteiger partial charge in [-0.3, -0.25) is 4.79 Å². The minimum atomic E-state index is -1.84. The van der Waals surface area contributed by atoms with Gasteiger partial charge in [0.15, 0.2) is 8.32 Å². The van der Waals surface area contributed by atoms with Crippen LogP contribution in [0.15, 0.2) is 18.3 Å². The van der Waals surface area contributed by atoms with Crippen molar-refractivity contribution >= 4 is 14.2 Å². The molecule has 24 heavy (non-hydrogen) atoms. The average Bonchev–Trinajstić information content (AvgIpc) is 2.53. The largest absolute Gasteiger partial charge is 0.412 e. The van der Waals surface area contributed by atoms with E-state index < -0.39 is 8.32 Å². The van der Waals surface area contributed by atoms with Gasteiger partial charge in [-0.15, -0.1) is 0 Å². The van der Waals surface area contributed by atoms with Crippen LogP contribution in [0, 0.1) is 11.3 Å². The van der Waals surface area contributed by atoms with Gasteiger partial charge < -0.3 is 9.33 Å². The summed E-state index contributed by atoms with van der Waals surface area (Å²) in [6, 6.07) is 5.27. The van der Waals surface area contributed by atoms with Crippen LogP contribution in [0.5, 0.6) is 0 Å². The Morgan fingerprint density at radius 2 is 2.12 bits per heavy atom. The fourth-order valence-corrected chi connectivity index (χ4v) is 3.94. The lowest BCUT2D eigenvalue weighted by Crippen LogP contribution is -2.50. The van der Waals surface area contributed by atoms with Gasteiger partial charge in [0.05, 0.1) is 11.7 Å². The number of rotatable bonds is 3. The maximum absolute atomic E-state index is 12.6. The Hall–Kier alpha value is -1.71. The van der Waals surface area contributed by atoms with Crippen LogP contribution in [0.25, 0.3) is 0 Å². The summed E-state index contributed by atoms with van der Waals surface area (Å²) >= 11 is 0. The van der Waals surface area contributed by atoms with Crippen molar-refractivity contribution in [3.05, 3.63) is 29.6 Å². The zero-order valence-electron chi connectivity index (χ0n) is 15.3. The van der Waals surface area contributed by atoms with E-state index in [2.05, 4.69) is 38.8 Å². The first kappa shape index (κ1) is 18.6. The Morgan fingerprint density at radius 1 is 1.42 bits per heavy atom. The van der Waals surface area contributed by atoms with E-state index in [9.17, 15) is 4.79 Å². The number of carbonyl (C=O) groups is 1. The molecule has 1 aliphatic heterocycles. The third kappa shape index (κ3) is 4.22. The molecule has 0 aliphatic carbocycles. The third-order valence-electron chi connectivity index (χ3n) is 5.04. The second-order valence-electron chi connectivity index (χ2n) is 7.94. The number of hydrogen-bond acceptors (Lipinski definition) is 4. The van der Waals surface area contributed by atoms with E-state index in [0.717, 1.165) is 19.4 Å². The first-order chi connectivity index (χ1) is 11.1. The van der Waals surface area contributed by atoms with E-state index in [1.165, 1.54) is 6.20 Å². The van der Waals surface area contributed by atoms with Crippen molar-refractivity contribution < 1.29 is 9.22 Å². The molecule has 1 saturated heterocycles. The molecule has 1 amide bonds. The lowest BCUT2D eigenvalue weighted by atomic mass is 10.1. The first-order valence-corrected chi connectivity index (χ1v) is 11.4. The van der Waals surface area contributed by atoms with Gasteiger partial charge in [-0.25, -0.2) is 4.98 Å². The van der Waals surface area contributed by atoms with Crippen molar-refractivity contribution in [1.82, 2.24) is 9.88 Å². The van der Waals surface area contributed by atoms with Crippen LogP contribution >= 0.6 is 0 Å². The second-order valence-corrected chi connectivity index (χ2v) is 12.7. The predicted molar refractivity (Wildman–Crippen MR) is 96.2 cm³/mol. The minimum Gasteiger partial charge on any atom is -0.412 e. The van der Waals surface area contributed by atoms with Crippen LogP contribution in [0.4, 0.5) is 0 Å². The summed E-state index contributed by atoms with van der Waals surface area (Å²) in [5, 5.41) is 8.99. The van der Waals surface area contributed by atoms with Gasteiger partial charge >= 0.3 is 0 Å². The van der Waals surface area contributed by atoms with Gasteiger partial charge in [0, 0.05) is 19.3 Å². The molecular formula is C18H27N3O2Si. The van der Waals surface area contributed by atoms with E-state index in [4.69, 9.17) is 9.69 Å². The van der Waals surface area contributed by atoms with Gasteiger partial charge in [-0.2, -0.15) is 5.26 Å². The molecule has 1 aromatic rings. The molecular weight excluding hydrogens is 318 g/mol. The molecule has 5 nitrogen and oxygen atoms in total. The van der Waals surface area contributed by atoms with E-state index in [1.807, 2.05) is 11.0 Å². The molecule has 0 radical (unpaired) electrons. The Balaban J connectivity index is 2.04. The summed E-state index contributed by atoms with van der Waals surface area (Å²) in [4.78, 5) is 18.6. The first-order valence-electron chi connectivity index (χ1n) is 8.47. The number of likely N-dealkylation sites (tertiary alicyclic amines) is 1. The Labute approximate surface area is 145 Å². The summed E-state index contributed by atoms with van der Waals surface area (Å²) in [6.07, 6.45) is 3.49. The van der Waals surface area contributed by atoms with Crippen LogP contribution in [0.1, 0.15) is 49.7 Å². The van der Waals surface area contributed by atoms with E-state index in [0.29, 0.717) is 17.8 Å². The topological polar surface area (TPSA) is 66.2 Å². The molecule has 6 heteroatoms. The molecule has 0 saturated carbocycles. The number of hydrogen-bond donors (Lipinski definition) is 0. The minimum absolute atomic E-state index is 0.0805. The quantitative estimate of drug-likeness (QED) is 0.785. The zero-order valence-corrected chi connectivity index (χ0v) is 16.3. The summed E-state index contributed by atoms with van der Waals surface area (Å²) in [6.45, 7) is 12.5. The molecule has 0 spiro atoms. The lowest BCUT2D eigenvalue weighted by Gasteiger charge is -2.42. The van der Waals surface area contributed by atoms with Gasteiger partial charge in [0.25, 0.3) is 5.91 Å². The fourth-order valence-electron chi connectivity index (χ4n) is 2.56. The second kappa shape index (κ2) is 7.04. The third-order valence-corrected chi connectivity index (χ3v) is 9.58. The highest BCUT2D eigenvalue weighted by Crippen LogP contribution is 2.38. The number of nitrogens with zero attached hydrogens (tertiary/aromatic N) is 3. The maximum atomic E-state index is 12.6. The van der Waals surface area contributed by atoms with Crippen LogP contribution in [0.2, 0.25) is 18.1 Å². The Bertz CT molecular complexity index is 629. The van der Waals surface area contributed by atoms with E-state index in [1.54, 1.807) is 12.1 Å². The number of nitriles is 1. The van der Waals surface area contributed by atoms with Crippen LogP contribution in [-0.2, 0) is 4.43 Å². The molecule has 1 unspecified atom stereocenters. The molecule has 1 aromatic heterocycles. The fraction of sp³-hybridized carbons (Fsp3) is 0.611. The van der Waals surface area contributed by atoms with Crippen LogP contribution in [0.3, 0.4) is 0 Å². The highest BCUT2D eigenvalue weighted by atomic mass is 28.4. The summed E-state index contributed by atoms with van der Waals surface area (Å²) in [5.41, 5.74) is 0.853. The molecule has 1 aliphatic rings. The standard InChI is InChI=1S/C18H27N3O2Si/c1-18(2,3)24(4,5)23-15-7-6-10-21(13-15)17(22)16-9-8-14(11-19)12-20-16/h8-9,12,15H,6-7,10,13H2,1-5H3. The van der Waals surface area contributed by atoms with Crippen molar-refractivity contribution in [2.75, 3.05) is 13.1 Å². The van der Waals surface area contributed by atoms with E-state index >= 15 is 0 Å². The van der Waals surface area contributed by atoms with Crippen molar-refractivity contribution in [2.24, 2.45) is 0 Å². The average molecular weight is 346 g/mol. The monoisotopic (exact) mass is 345 g/mol. The number of pyridine rings is 1. The van der Waals surface area contributed by atoms with Gasteiger partial charge in [-0.1, -0.05) is 20.8 Å². The summed E-state index contributed by atoms with van der Waals surface area (Å²) < 4.78 is 6.48. The highest BCUT2D eigenvalue weighted by molar-refractivity contribution is 6.74. The SMILES string of the molecule is CC(C)(C)[Si](C)(C)OC1CCCN(C(=O)c2ccc(C#N)cn2)C1. The molecule has 0 bridgehead atoms.